The van der Waals surface area contributed by atoms with Crippen molar-refractivity contribution in [1.29, 1.82) is 0 Å². The number of hydrogen-bond donors (Lipinski definition) is 3. The third-order valence-corrected chi connectivity index (χ3v) is 4.41. The predicted molar refractivity (Wildman–Crippen MR) is 102 cm³/mol. The Hall–Kier alpha value is -3.18. The van der Waals surface area contributed by atoms with E-state index in [2.05, 4.69) is 5.32 Å². The van der Waals surface area contributed by atoms with Crippen molar-refractivity contribution >= 4 is 28.3 Å². The number of carboxylic acids is 1. The van der Waals surface area contributed by atoms with Crippen molar-refractivity contribution in [3.8, 4) is 0 Å². The van der Waals surface area contributed by atoms with E-state index in [-0.39, 0.29) is 5.91 Å². The van der Waals surface area contributed by atoms with E-state index in [9.17, 15) is 14.7 Å². The molecule has 0 aliphatic rings. The minimum atomic E-state index is -1.16. The lowest BCUT2D eigenvalue weighted by molar-refractivity contribution is -0.138. The number of carboxylic acid groups (broad SMARTS) is 1. The fourth-order valence-corrected chi connectivity index (χ4v) is 3.29. The van der Waals surface area contributed by atoms with Gasteiger partial charge in [0.05, 0.1) is 0 Å². The van der Waals surface area contributed by atoms with Gasteiger partial charge < -0.3 is 16.2 Å². The Kier molecular flexibility index (Phi) is 5.00. The Morgan fingerprint density at radius 2 is 1.54 bits per heavy atom. The van der Waals surface area contributed by atoms with Crippen molar-refractivity contribution in [1.82, 2.24) is 0 Å². The van der Waals surface area contributed by atoms with Gasteiger partial charge in [-0.3, -0.25) is 9.59 Å². The molecule has 2 atom stereocenters. The summed E-state index contributed by atoms with van der Waals surface area (Å²) in [7, 11) is 0. The molecule has 0 aliphatic carbocycles. The Balaban J connectivity index is 2.25. The van der Waals surface area contributed by atoms with E-state index in [0.717, 1.165) is 16.3 Å². The molecule has 0 saturated carbocycles. The maximum Gasteiger partial charge on any atom is 0.321 e. The molecule has 5 nitrogen and oxygen atoms in total. The van der Waals surface area contributed by atoms with Gasteiger partial charge in [-0.25, -0.2) is 0 Å². The zero-order valence-corrected chi connectivity index (χ0v) is 14.3. The maximum atomic E-state index is 11.7. The highest BCUT2D eigenvalue weighted by atomic mass is 16.4. The number of rotatable bonds is 5. The van der Waals surface area contributed by atoms with E-state index in [1.807, 2.05) is 48.5 Å². The Bertz CT molecular complexity index is 963. The molecule has 0 heterocycles. The van der Waals surface area contributed by atoms with Crippen LogP contribution < -0.4 is 11.1 Å². The van der Waals surface area contributed by atoms with Crippen LogP contribution in [0.15, 0.2) is 66.7 Å². The Morgan fingerprint density at radius 1 is 0.923 bits per heavy atom. The SMILES string of the molecule is CC(=O)Nc1ccccc1C(c1cccc2ccccc12)[C@@H](N)C(=O)O. The van der Waals surface area contributed by atoms with E-state index in [4.69, 9.17) is 5.73 Å². The lowest BCUT2D eigenvalue weighted by Crippen LogP contribution is -2.37. The van der Waals surface area contributed by atoms with Crippen molar-refractivity contribution in [2.24, 2.45) is 5.73 Å². The van der Waals surface area contributed by atoms with Crippen LogP contribution in [0, 0.1) is 0 Å². The molecule has 132 valence electrons. The van der Waals surface area contributed by atoms with Crippen LogP contribution >= 0.6 is 0 Å². The first kappa shape index (κ1) is 17.6. The molecular formula is C21H20N2O3. The van der Waals surface area contributed by atoms with E-state index >= 15 is 0 Å². The third-order valence-electron chi connectivity index (χ3n) is 4.41. The highest BCUT2D eigenvalue weighted by molar-refractivity contribution is 5.92. The van der Waals surface area contributed by atoms with E-state index in [1.54, 1.807) is 18.2 Å². The summed E-state index contributed by atoms with van der Waals surface area (Å²) in [6.07, 6.45) is 0. The Labute approximate surface area is 151 Å². The molecule has 4 N–H and O–H groups in total. The lowest BCUT2D eigenvalue weighted by Gasteiger charge is -2.25. The van der Waals surface area contributed by atoms with Crippen LogP contribution in [0.1, 0.15) is 24.0 Å². The molecule has 0 saturated heterocycles. The zero-order valence-electron chi connectivity index (χ0n) is 14.3. The maximum absolute atomic E-state index is 11.7. The number of nitrogens with two attached hydrogens (primary N) is 1. The second kappa shape index (κ2) is 7.37. The minimum Gasteiger partial charge on any atom is -0.480 e. The van der Waals surface area contributed by atoms with E-state index in [1.165, 1.54) is 6.92 Å². The van der Waals surface area contributed by atoms with Crippen LogP contribution in [0.4, 0.5) is 5.69 Å². The summed E-state index contributed by atoms with van der Waals surface area (Å²) in [4.78, 5) is 23.3. The zero-order chi connectivity index (χ0) is 18.7. The van der Waals surface area contributed by atoms with Crippen molar-refractivity contribution in [3.05, 3.63) is 77.9 Å². The standard InChI is InChI=1S/C21H20N2O3/c1-13(24)23-18-12-5-4-10-17(18)19(20(22)21(25)26)16-11-6-8-14-7-2-3-9-15(14)16/h2-12,19-20H,22H2,1H3,(H,23,24)(H,25,26)/t19?,20-/m1/s1. The first-order chi connectivity index (χ1) is 12.5. The quantitative estimate of drug-likeness (QED) is 0.659. The highest BCUT2D eigenvalue weighted by Crippen LogP contribution is 2.36. The number of nitrogens with one attached hydrogen (secondary N) is 1. The molecule has 0 aromatic heterocycles. The number of para-hydroxylation sites is 1. The van der Waals surface area contributed by atoms with Gasteiger partial charge in [0.25, 0.3) is 0 Å². The summed E-state index contributed by atoms with van der Waals surface area (Å²) in [5.74, 6) is -1.93. The van der Waals surface area contributed by atoms with Crippen LogP contribution in [0.25, 0.3) is 10.8 Å². The molecule has 0 aliphatic heterocycles. The second-order valence-corrected chi connectivity index (χ2v) is 6.18. The molecule has 1 unspecified atom stereocenters. The normalized spacial score (nSPS) is 13.2. The molecule has 3 rings (SSSR count). The summed E-state index contributed by atoms with van der Waals surface area (Å²) in [6.45, 7) is 1.42. The van der Waals surface area contributed by atoms with Gasteiger partial charge in [0.15, 0.2) is 0 Å². The molecule has 3 aromatic carbocycles. The van der Waals surface area contributed by atoms with Gasteiger partial charge in [0.2, 0.25) is 5.91 Å². The lowest BCUT2D eigenvalue weighted by atomic mass is 9.82. The molecule has 5 heteroatoms. The largest absolute Gasteiger partial charge is 0.480 e. The molecule has 0 bridgehead atoms. The first-order valence-electron chi connectivity index (χ1n) is 8.31. The van der Waals surface area contributed by atoms with Crippen molar-refractivity contribution < 1.29 is 14.7 Å². The number of anilines is 1. The van der Waals surface area contributed by atoms with Gasteiger partial charge in [-0.1, -0.05) is 60.7 Å². The number of carbonyl (C=O) groups is 2. The fourth-order valence-electron chi connectivity index (χ4n) is 3.29. The molecule has 1 amide bonds. The average Bonchev–Trinajstić information content (AvgIpc) is 2.63. The first-order valence-corrected chi connectivity index (χ1v) is 8.31. The van der Waals surface area contributed by atoms with Gasteiger partial charge in [0, 0.05) is 18.5 Å². The topological polar surface area (TPSA) is 92.4 Å². The molecule has 3 aromatic rings. The summed E-state index contributed by atoms with van der Waals surface area (Å²) < 4.78 is 0. The Morgan fingerprint density at radius 3 is 2.27 bits per heavy atom. The third kappa shape index (κ3) is 3.43. The summed E-state index contributed by atoms with van der Waals surface area (Å²) in [5.41, 5.74) is 8.16. The number of hydrogen-bond acceptors (Lipinski definition) is 3. The van der Waals surface area contributed by atoms with Crippen LogP contribution in [0.3, 0.4) is 0 Å². The van der Waals surface area contributed by atoms with Gasteiger partial charge >= 0.3 is 5.97 Å². The number of benzene rings is 3. The number of carbonyl (C=O) groups excluding carboxylic acids is 1. The smallest absolute Gasteiger partial charge is 0.321 e. The van der Waals surface area contributed by atoms with E-state index in [0.29, 0.717) is 11.3 Å². The van der Waals surface area contributed by atoms with Crippen LogP contribution in [0.5, 0.6) is 0 Å². The van der Waals surface area contributed by atoms with Gasteiger partial charge in [0.1, 0.15) is 6.04 Å². The number of fused-ring (bicyclic) bond motifs is 1. The second-order valence-electron chi connectivity index (χ2n) is 6.18. The molecule has 26 heavy (non-hydrogen) atoms. The van der Waals surface area contributed by atoms with Crippen LogP contribution in [0.2, 0.25) is 0 Å². The minimum absolute atomic E-state index is 0.224. The highest BCUT2D eigenvalue weighted by Gasteiger charge is 2.30. The van der Waals surface area contributed by atoms with E-state index < -0.39 is 17.9 Å². The molecule has 0 radical (unpaired) electrons. The molecule has 0 spiro atoms. The van der Waals surface area contributed by atoms with Crippen molar-refractivity contribution in [3.63, 3.8) is 0 Å². The summed E-state index contributed by atoms with van der Waals surface area (Å²) >= 11 is 0. The summed E-state index contributed by atoms with van der Waals surface area (Å²) in [5, 5.41) is 14.3. The molecule has 0 fully saturated rings. The molecular weight excluding hydrogens is 328 g/mol. The average molecular weight is 348 g/mol. The number of amides is 1. The van der Waals surface area contributed by atoms with Gasteiger partial charge in [-0.2, -0.15) is 0 Å². The van der Waals surface area contributed by atoms with Crippen LogP contribution in [-0.4, -0.2) is 23.0 Å². The number of aliphatic carboxylic acids is 1. The fraction of sp³-hybridized carbons (Fsp3) is 0.143. The predicted octanol–water partition coefficient (Wildman–Crippen LogP) is 3.34. The van der Waals surface area contributed by atoms with Gasteiger partial charge in [-0.05, 0) is 28.0 Å². The van der Waals surface area contributed by atoms with Crippen molar-refractivity contribution in [2.75, 3.05) is 5.32 Å². The summed E-state index contributed by atoms with van der Waals surface area (Å²) in [6, 6.07) is 19.5. The van der Waals surface area contributed by atoms with Gasteiger partial charge in [-0.15, -0.1) is 0 Å². The monoisotopic (exact) mass is 348 g/mol. The van der Waals surface area contributed by atoms with Crippen LogP contribution in [-0.2, 0) is 9.59 Å². The van der Waals surface area contributed by atoms with Crippen molar-refractivity contribution in [2.45, 2.75) is 18.9 Å².